The highest BCUT2D eigenvalue weighted by Gasteiger charge is 2.46. The second-order valence-electron chi connectivity index (χ2n) is 9.65. The number of anilines is 1. The zero-order chi connectivity index (χ0) is 24.8. The first-order valence-electron chi connectivity index (χ1n) is 11.5. The largest absolute Gasteiger partial charge is 0.573 e. The van der Waals surface area contributed by atoms with Crippen LogP contribution >= 0.6 is 11.3 Å². The lowest BCUT2D eigenvalue weighted by molar-refractivity contribution is -0.274. The lowest BCUT2D eigenvalue weighted by Crippen LogP contribution is -2.52. The molecule has 1 N–H and O–H groups in total. The molecule has 3 aromatic rings. The first-order chi connectivity index (χ1) is 16.6. The highest BCUT2D eigenvalue weighted by Crippen LogP contribution is 2.50. The SMILES string of the molecule is CN(C)C(=O)CN1CCC2(CC1)CC(Nc1nn3cc(-c4cccc(OC(F)(F)F)c4)nc3s1)C2. The van der Waals surface area contributed by atoms with Crippen molar-refractivity contribution in [3.63, 3.8) is 0 Å². The van der Waals surface area contributed by atoms with Gasteiger partial charge in [0.25, 0.3) is 0 Å². The maximum absolute atomic E-state index is 12.5. The number of amides is 1. The van der Waals surface area contributed by atoms with Crippen LogP contribution in [-0.4, -0.2) is 76.4 Å². The predicted molar refractivity (Wildman–Crippen MR) is 126 cm³/mol. The van der Waals surface area contributed by atoms with Crippen LogP contribution in [0.25, 0.3) is 16.2 Å². The van der Waals surface area contributed by atoms with Crippen LogP contribution in [0, 0.1) is 5.41 Å². The van der Waals surface area contributed by atoms with E-state index in [1.54, 1.807) is 35.8 Å². The normalized spacial score (nSPS) is 18.5. The fourth-order valence-corrected chi connectivity index (χ4v) is 5.80. The molecule has 1 spiro atoms. The third kappa shape index (κ3) is 5.37. The summed E-state index contributed by atoms with van der Waals surface area (Å²) in [5.74, 6) is -0.135. The fraction of sp³-hybridized carbons (Fsp3) is 0.522. The molecule has 1 aliphatic carbocycles. The van der Waals surface area contributed by atoms with Crippen molar-refractivity contribution in [2.45, 2.75) is 38.1 Å². The van der Waals surface area contributed by atoms with Crippen LogP contribution in [0.5, 0.6) is 5.75 Å². The van der Waals surface area contributed by atoms with Crippen molar-refractivity contribution in [2.24, 2.45) is 5.41 Å². The molecule has 8 nitrogen and oxygen atoms in total. The minimum Gasteiger partial charge on any atom is -0.406 e. The Balaban J connectivity index is 1.15. The number of likely N-dealkylation sites (N-methyl/N-ethyl adjacent to an activating group) is 1. The lowest BCUT2D eigenvalue weighted by atomic mass is 9.60. The van der Waals surface area contributed by atoms with E-state index in [2.05, 4.69) is 25.0 Å². The van der Waals surface area contributed by atoms with E-state index in [0.717, 1.165) is 43.9 Å². The number of benzene rings is 1. The van der Waals surface area contributed by atoms with E-state index in [-0.39, 0.29) is 11.7 Å². The van der Waals surface area contributed by atoms with Crippen LogP contribution in [0.2, 0.25) is 0 Å². The Kier molecular flexibility index (Phi) is 6.12. The summed E-state index contributed by atoms with van der Waals surface area (Å²) >= 11 is 1.42. The van der Waals surface area contributed by atoms with Crippen LogP contribution in [0.1, 0.15) is 25.7 Å². The summed E-state index contributed by atoms with van der Waals surface area (Å²) in [7, 11) is 3.58. The molecular formula is C23H27F3N6O2S. The molecule has 2 aromatic heterocycles. The molecule has 12 heteroatoms. The number of piperidine rings is 1. The summed E-state index contributed by atoms with van der Waals surface area (Å²) in [6.07, 6.45) is 1.35. The summed E-state index contributed by atoms with van der Waals surface area (Å²) in [4.78, 5) is 21.0. The molecule has 35 heavy (non-hydrogen) atoms. The summed E-state index contributed by atoms with van der Waals surface area (Å²) in [6.45, 7) is 2.40. The lowest BCUT2D eigenvalue weighted by Gasteiger charge is -2.52. The molecule has 0 bridgehead atoms. The number of carbonyl (C=O) groups excluding carboxylic acids is 1. The Bertz CT molecular complexity index is 1180. The van der Waals surface area contributed by atoms with Gasteiger partial charge >= 0.3 is 6.36 Å². The number of aromatic nitrogens is 3. The average Bonchev–Trinajstić information content (AvgIpc) is 3.32. The van der Waals surface area contributed by atoms with Crippen molar-refractivity contribution < 1.29 is 22.7 Å². The van der Waals surface area contributed by atoms with Gasteiger partial charge in [-0.15, -0.1) is 18.3 Å². The summed E-state index contributed by atoms with van der Waals surface area (Å²) in [5.41, 5.74) is 1.41. The number of carbonyl (C=O) groups is 1. The number of hydrogen-bond acceptors (Lipinski definition) is 7. The molecule has 1 saturated carbocycles. The fourth-order valence-electron chi connectivity index (χ4n) is 4.94. The highest BCUT2D eigenvalue weighted by molar-refractivity contribution is 7.20. The molecule has 1 aliphatic heterocycles. The molecular weight excluding hydrogens is 481 g/mol. The van der Waals surface area contributed by atoms with Crippen molar-refractivity contribution >= 4 is 27.3 Å². The van der Waals surface area contributed by atoms with Crippen molar-refractivity contribution in [1.82, 2.24) is 24.4 Å². The number of likely N-dealkylation sites (tertiary alicyclic amines) is 1. The van der Waals surface area contributed by atoms with Crippen LogP contribution in [0.15, 0.2) is 30.5 Å². The third-order valence-electron chi connectivity index (χ3n) is 6.87. The second-order valence-corrected chi connectivity index (χ2v) is 10.6. The molecule has 1 amide bonds. The minimum absolute atomic E-state index is 0.147. The Morgan fingerprint density at radius 1 is 1.29 bits per heavy atom. The van der Waals surface area contributed by atoms with Gasteiger partial charge in [-0.25, -0.2) is 9.50 Å². The van der Waals surface area contributed by atoms with Gasteiger partial charge < -0.3 is 15.0 Å². The second kappa shape index (κ2) is 8.98. The topological polar surface area (TPSA) is 75.0 Å². The molecule has 1 aromatic carbocycles. The van der Waals surface area contributed by atoms with Gasteiger partial charge in [0.15, 0.2) is 0 Å². The number of hydrogen-bond donors (Lipinski definition) is 1. The van der Waals surface area contributed by atoms with Crippen molar-refractivity contribution in [3.05, 3.63) is 30.5 Å². The maximum Gasteiger partial charge on any atom is 0.573 e. The molecule has 2 aliphatic rings. The maximum atomic E-state index is 12.5. The predicted octanol–water partition coefficient (Wildman–Crippen LogP) is 4.10. The Morgan fingerprint density at radius 2 is 2.03 bits per heavy atom. The quantitative estimate of drug-likeness (QED) is 0.541. The summed E-state index contributed by atoms with van der Waals surface area (Å²) in [5, 5.41) is 8.84. The van der Waals surface area contributed by atoms with E-state index < -0.39 is 6.36 Å². The number of alkyl halides is 3. The van der Waals surface area contributed by atoms with Gasteiger partial charge in [-0.1, -0.05) is 23.5 Å². The van der Waals surface area contributed by atoms with Crippen LogP contribution in [0.3, 0.4) is 0 Å². The van der Waals surface area contributed by atoms with E-state index >= 15 is 0 Å². The number of nitrogens with zero attached hydrogens (tertiary/aromatic N) is 5. The molecule has 3 heterocycles. The summed E-state index contributed by atoms with van der Waals surface area (Å²) < 4.78 is 43.2. The molecule has 188 valence electrons. The van der Waals surface area contributed by atoms with Gasteiger partial charge in [0.1, 0.15) is 5.75 Å². The number of fused-ring (bicyclic) bond motifs is 1. The zero-order valence-electron chi connectivity index (χ0n) is 19.5. The summed E-state index contributed by atoms with van der Waals surface area (Å²) in [6, 6.07) is 6.12. The van der Waals surface area contributed by atoms with Gasteiger partial charge in [-0.2, -0.15) is 0 Å². The van der Waals surface area contributed by atoms with Gasteiger partial charge in [0, 0.05) is 25.7 Å². The van der Waals surface area contributed by atoms with Crippen LogP contribution in [-0.2, 0) is 4.79 Å². The van der Waals surface area contributed by atoms with Gasteiger partial charge in [-0.3, -0.25) is 9.69 Å². The molecule has 5 rings (SSSR count). The van der Waals surface area contributed by atoms with Crippen LogP contribution in [0.4, 0.5) is 18.3 Å². The monoisotopic (exact) mass is 508 g/mol. The van der Waals surface area contributed by atoms with E-state index in [9.17, 15) is 18.0 Å². The first kappa shape index (κ1) is 23.9. The average molecular weight is 509 g/mol. The van der Waals surface area contributed by atoms with Crippen molar-refractivity contribution in [2.75, 3.05) is 39.0 Å². The highest BCUT2D eigenvalue weighted by atomic mass is 32.1. The number of rotatable bonds is 6. The Hall–Kier alpha value is -2.86. The standard InChI is InChI=1S/C23H27F3N6O2S/c1-30(2)19(33)14-31-8-6-22(7-9-31)11-16(12-22)27-20-29-32-13-18(28-21(32)35-20)15-4-3-5-17(10-15)34-23(24,25)26/h3-5,10,13,16H,6-9,11-12,14H2,1-2H3,(H,27,29). The minimum atomic E-state index is -4.74. The number of halogens is 3. The molecule has 1 saturated heterocycles. The van der Waals surface area contributed by atoms with E-state index in [1.807, 2.05) is 0 Å². The van der Waals surface area contributed by atoms with E-state index in [0.29, 0.717) is 34.2 Å². The number of nitrogens with one attached hydrogen (secondary N) is 1. The Labute approximate surface area is 204 Å². The van der Waals surface area contributed by atoms with Gasteiger partial charge in [0.2, 0.25) is 16.0 Å². The van der Waals surface area contributed by atoms with Crippen LogP contribution < -0.4 is 10.1 Å². The molecule has 2 fully saturated rings. The number of imidazole rings is 1. The third-order valence-corrected chi connectivity index (χ3v) is 7.72. The van der Waals surface area contributed by atoms with E-state index in [1.165, 1.54) is 29.5 Å². The number of ether oxygens (including phenoxy) is 1. The van der Waals surface area contributed by atoms with Gasteiger partial charge in [-0.05, 0) is 56.3 Å². The molecule has 0 atom stereocenters. The van der Waals surface area contributed by atoms with Crippen molar-refractivity contribution in [1.29, 1.82) is 0 Å². The smallest absolute Gasteiger partial charge is 0.406 e. The van der Waals surface area contributed by atoms with Crippen molar-refractivity contribution in [3.8, 4) is 17.0 Å². The Morgan fingerprint density at radius 3 is 2.69 bits per heavy atom. The molecule has 0 unspecified atom stereocenters. The van der Waals surface area contributed by atoms with Gasteiger partial charge in [0.05, 0.1) is 18.4 Å². The molecule has 0 radical (unpaired) electrons. The zero-order valence-corrected chi connectivity index (χ0v) is 20.3. The van der Waals surface area contributed by atoms with E-state index in [4.69, 9.17) is 0 Å². The first-order valence-corrected chi connectivity index (χ1v) is 12.3.